The molecule has 0 bridgehead atoms. The second-order valence-corrected chi connectivity index (χ2v) is 3.31. The maximum absolute atomic E-state index is 10.8. The molecule has 0 atom stereocenters. The number of nitrogens with one attached hydrogen (secondary N) is 2. The summed E-state index contributed by atoms with van der Waals surface area (Å²) in [6, 6.07) is 0.0833. The highest BCUT2D eigenvalue weighted by molar-refractivity contribution is 5.76. The number of hydrogen-bond donors (Lipinski definition) is 2. The van der Waals surface area contributed by atoms with E-state index in [1.165, 1.54) is 0 Å². The van der Waals surface area contributed by atoms with Crippen LogP contribution in [-0.2, 0) is 0 Å². The Hall–Kier alpha value is -1.46. The Kier molecular flexibility index (Phi) is 3.55. The van der Waals surface area contributed by atoms with E-state index in [4.69, 9.17) is 0 Å². The average Bonchev–Trinajstić information content (AvgIpc) is 2.73. The highest BCUT2D eigenvalue weighted by Crippen LogP contribution is 2.00. The van der Waals surface area contributed by atoms with Gasteiger partial charge in [-0.05, 0) is 0 Å². The average molecular weight is 200 g/mol. The van der Waals surface area contributed by atoms with E-state index < -0.39 is 0 Å². The fourth-order valence-electron chi connectivity index (χ4n) is 1.20. The molecule has 0 aromatic carbocycles. The van der Waals surface area contributed by atoms with E-state index in [1.54, 1.807) is 9.80 Å². The minimum atomic E-state index is -0.0463. The van der Waals surface area contributed by atoms with Crippen molar-refractivity contribution in [2.75, 3.05) is 40.3 Å². The van der Waals surface area contributed by atoms with Crippen LogP contribution in [-0.4, -0.2) is 62.1 Å². The summed E-state index contributed by atoms with van der Waals surface area (Å²) in [6.45, 7) is 3.29. The van der Waals surface area contributed by atoms with Crippen LogP contribution in [0.15, 0.2) is 0 Å². The number of carbonyl (C=O) groups excluding carboxylic acids is 2. The Bertz CT molecular complexity index is 211. The summed E-state index contributed by atoms with van der Waals surface area (Å²) >= 11 is 0. The van der Waals surface area contributed by atoms with Gasteiger partial charge in [0.25, 0.3) is 0 Å². The van der Waals surface area contributed by atoms with Gasteiger partial charge in [-0.3, -0.25) is 0 Å². The third-order valence-corrected chi connectivity index (χ3v) is 2.12. The molecule has 2 aliphatic rings. The van der Waals surface area contributed by atoms with E-state index in [1.807, 2.05) is 14.1 Å². The molecule has 6 heteroatoms. The van der Waals surface area contributed by atoms with Crippen LogP contribution in [0, 0.1) is 0 Å². The minimum Gasteiger partial charge on any atom is -0.336 e. The number of rotatable bonds is 0. The second-order valence-electron chi connectivity index (χ2n) is 3.31. The Morgan fingerprint density at radius 2 is 1.43 bits per heavy atom. The normalized spacial score (nSPS) is 20.1. The molecule has 2 aliphatic heterocycles. The monoisotopic (exact) mass is 200 g/mol. The van der Waals surface area contributed by atoms with Gasteiger partial charge in [0.1, 0.15) is 0 Å². The van der Waals surface area contributed by atoms with Gasteiger partial charge in [0, 0.05) is 40.3 Å². The number of nitrogens with zero attached hydrogens (tertiary/aromatic N) is 2. The van der Waals surface area contributed by atoms with Crippen LogP contribution in [0.1, 0.15) is 0 Å². The molecule has 0 radical (unpaired) electrons. The number of urea groups is 2. The van der Waals surface area contributed by atoms with Crippen molar-refractivity contribution in [3.63, 3.8) is 0 Å². The van der Waals surface area contributed by atoms with Crippen LogP contribution in [0.4, 0.5) is 9.59 Å². The first kappa shape index (κ1) is 10.6. The molecule has 0 spiro atoms. The summed E-state index contributed by atoms with van der Waals surface area (Å²) in [5, 5.41) is 5.14. The third kappa shape index (κ3) is 2.79. The summed E-state index contributed by atoms with van der Waals surface area (Å²) in [4.78, 5) is 24.2. The van der Waals surface area contributed by atoms with Gasteiger partial charge in [0.2, 0.25) is 0 Å². The van der Waals surface area contributed by atoms with Crippen molar-refractivity contribution in [1.29, 1.82) is 0 Å². The van der Waals surface area contributed by atoms with E-state index in [-0.39, 0.29) is 12.1 Å². The fraction of sp³-hybridized carbons (Fsp3) is 0.750. The van der Waals surface area contributed by atoms with Gasteiger partial charge in [-0.2, -0.15) is 0 Å². The SMILES string of the molecule is CN1CCN(C)C1=O.O=C1NCCN1. The lowest BCUT2D eigenvalue weighted by molar-refractivity contribution is 0.205. The maximum atomic E-state index is 10.8. The molecule has 2 rings (SSSR count). The van der Waals surface area contributed by atoms with Crippen molar-refractivity contribution in [1.82, 2.24) is 20.4 Å². The third-order valence-electron chi connectivity index (χ3n) is 2.12. The minimum absolute atomic E-state index is 0.0463. The van der Waals surface area contributed by atoms with Crippen molar-refractivity contribution >= 4 is 12.1 Å². The van der Waals surface area contributed by atoms with E-state index in [2.05, 4.69) is 10.6 Å². The van der Waals surface area contributed by atoms with Crippen LogP contribution in [0.5, 0.6) is 0 Å². The summed E-state index contributed by atoms with van der Waals surface area (Å²) in [5.41, 5.74) is 0. The zero-order chi connectivity index (χ0) is 10.6. The van der Waals surface area contributed by atoms with Crippen LogP contribution in [0.25, 0.3) is 0 Å². The number of carbonyl (C=O) groups is 2. The van der Waals surface area contributed by atoms with Crippen molar-refractivity contribution < 1.29 is 9.59 Å². The molecule has 14 heavy (non-hydrogen) atoms. The molecule has 80 valence electrons. The lowest BCUT2D eigenvalue weighted by Gasteiger charge is -2.07. The van der Waals surface area contributed by atoms with Crippen molar-refractivity contribution in [3.05, 3.63) is 0 Å². The van der Waals surface area contributed by atoms with E-state index in [0.717, 1.165) is 26.2 Å². The van der Waals surface area contributed by atoms with Gasteiger partial charge in [-0.15, -0.1) is 0 Å². The molecule has 2 saturated heterocycles. The number of hydrogen-bond acceptors (Lipinski definition) is 2. The predicted molar refractivity (Wildman–Crippen MR) is 52.1 cm³/mol. The lowest BCUT2D eigenvalue weighted by atomic mass is 10.6. The molecule has 2 heterocycles. The van der Waals surface area contributed by atoms with Crippen molar-refractivity contribution in [3.8, 4) is 0 Å². The largest absolute Gasteiger partial charge is 0.336 e. The molecule has 2 fully saturated rings. The first-order valence-corrected chi connectivity index (χ1v) is 4.59. The van der Waals surface area contributed by atoms with E-state index >= 15 is 0 Å². The van der Waals surface area contributed by atoms with Crippen LogP contribution < -0.4 is 10.6 Å². The van der Waals surface area contributed by atoms with Gasteiger partial charge in [-0.1, -0.05) is 0 Å². The molecule has 0 saturated carbocycles. The van der Waals surface area contributed by atoms with Gasteiger partial charge in [0.15, 0.2) is 0 Å². The van der Waals surface area contributed by atoms with Crippen molar-refractivity contribution in [2.45, 2.75) is 0 Å². The molecule has 0 aliphatic carbocycles. The van der Waals surface area contributed by atoms with Crippen LogP contribution in [0.2, 0.25) is 0 Å². The summed E-state index contributed by atoms with van der Waals surface area (Å²) in [5.74, 6) is 0. The lowest BCUT2D eigenvalue weighted by Crippen LogP contribution is -2.25. The van der Waals surface area contributed by atoms with Gasteiger partial charge < -0.3 is 20.4 Å². The quantitative estimate of drug-likeness (QED) is 0.542. The van der Waals surface area contributed by atoms with Gasteiger partial charge >= 0.3 is 12.1 Å². The molecular weight excluding hydrogens is 184 g/mol. The molecule has 6 nitrogen and oxygen atoms in total. The van der Waals surface area contributed by atoms with Crippen LogP contribution >= 0.6 is 0 Å². The summed E-state index contributed by atoms with van der Waals surface area (Å²) in [6.07, 6.45) is 0. The summed E-state index contributed by atoms with van der Waals surface area (Å²) in [7, 11) is 3.62. The maximum Gasteiger partial charge on any atom is 0.319 e. The Morgan fingerprint density at radius 1 is 1.00 bits per heavy atom. The molecular formula is C8H16N4O2. The number of likely N-dealkylation sites (N-methyl/N-ethyl adjacent to an activating group) is 2. The highest BCUT2D eigenvalue weighted by Gasteiger charge is 2.20. The molecule has 2 N–H and O–H groups in total. The predicted octanol–water partition coefficient (Wildman–Crippen LogP) is -0.717. The second kappa shape index (κ2) is 4.69. The zero-order valence-corrected chi connectivity index (χ0v) is 8.54. The van der Waals surface area contributed by atoms with Crippen molar-refractivity contribution in [2.24, 2.45) is 0 Å². The Labute approximate surface area is 83.2 Å². The zero-order valence-electron chi connectivity index (χ0n) is 8.54. The smallest absolute Gasteiger partial charge is 0.319 e. The first-order valence-electron chi connectivity index (χ1n) is 4.59. The fourth-order valence-corrected chi connectivity index (χ4v) is 1.20. The molecule has 0 unspecified atom stereocenters. The standard InChI is InChI=1S/C5H10N2O.C3H6N2O/c1-6-3-4-7(2)5(6)8;6-3-4-1-2-5-3/h3-4H2,1-2H3;1-2H2,(H2,4,5,6). The Morgan fingerprint density at radius 3 is 1.57 bits per heavy atom. The van der Waals surface area contributed by atoms with E-state index in [0.29, 0.717) is 0 Å². The summed E-state index contributed by atoms with van der Waals surface area (Å²) < 4.78 is 0. The van der Waals surface area contributed by atoms with Crippen LogP contribution in [0.3, 0.4) is 0 Å². The first-order chi connectivity index (χ1) is 6.61. The topological polar surface area (TPSA) is 64.7 Å². The Balaban J connectivity index is 0.000000146. The van der Waals surface area contributed by atoms with Gasteiger partial charge in [0.05, 0.1) is 0 Å². The molecule has 0 aromatic rings. The molecule has 0 aromatic heterocycles. The van der Waals surface area contributed by atoms with Gasteiger partial charge in [-0.25, -0.2) is 9.59 Å². The molecule has 4 amide bonds. The van der Waals surface area contributed by atoms with E-state index in [9.17, 15) is 9.59 Å². The highest BCUT2D eigenvalue weighted by atomic mass is 16.2. The number of amides is 4.